The summed E-state index contributed by atoms with van der Waals surface area (Å²) in [7, 11) is 0. The van der Waals surface area contributed by atoms with E-state index in [4.69, 9.17) is 4.74 Å². The summed E-state index contributed by atoms with van der Waals surface area (Å²) in [5, 5.41) is 23.3. The first-order chi connectivity index (χ1) is 16.7. The average molecular weight is 477 g/mol. The van der Waals surface area contributed by atoms with Gasteiger partial charge in [0.15, 0.2) is 12.4 Å². The Morgan fingerprint density at radius 3 is 2.86 bits per heavy atom. The zero-order chi connectivity index (χ0) is 24.6. The van der Waals surface area contributed by atoms with Crippen molar-refractivity contribution in [3.8, 4) is 6.01 Å². The molecule has 1 heterocycles. The lowest BCUT2D eigenvalue weighted by molar-refractivity contribution is -0.178. The molecular weight excluding hydrogens is 444 g/mol. The number of hydrogen-bond donors (Lipinski definition) is 3. The Hall–Kier alpha value is -2.77. The molecule has 2 aromatic rings. The summed E-state index contributed by atoms with van der Waals surface area (Å²) < 4.78 is 5.70. The van der Waals surface area contributed by atoms with Gasteiger partial charge >= 0.3 is 0 Å². The van der Waals surface area contributed by atoms with E-state index in [0.717, 1.165) is 35.9 Å². The van der Waals surface area contributed by atoms with E-state index < -0.39 is 17.1 Å². The average Bonchev–Trinajstić information content (AvgIpc) is 3.36. The maximum absolute atomic E-state index is 13.5. The summed E-state index contributed by atoms with van der Waals surface area (Å²) in [6.07, 6.45) is 7.74. The van der Waals surface area contributed by atoms with Crippen LogP contribution in [0.2, 0.25) is 0 Å². The van der Waals surface area contributed by atoms with Crippen molar-refractivity contribution in [3.05, 3.63) is 48.1 Å². The number of Topliss-reactive ketones (excluding diaryl/α,β-unsaturated/α-hetero) is 1. The van der Waals surface area contributed by atoms with Gasteiger partial charge in [-0.2, -0.15) is 4.98 Å². The fraction of sp³-hybridized carbons (Fsp3) is 0.536. The number of nitrogens with zero attached hydrogens (tertiary/aromatic N) is 1. The summed E-state index contributed by atoms with van der Waals surface area (Å²) in [6, 6.07) is 7.78. The third-order valence-electron chi connectivity index (χ3n) is 9.82. The van der Waals surface area contributed by atoms with E-state index in [-0.39, 0.29) is 47.4 Å². The lowest BCUT2D eigenvalue weighted by atomic mass is 9.46. The van der Waals surface area contributed by atoms with Gasteiger partial charge in [0.1, 0.15) is 5.60 Å². The molecule has 7 nitrogen and oxygen atoms in total. The van der Waals surface area contributed by atoms with Crippen LogP contribution >= 0.6 is 0 Å². The number of imidazole rings is 1. The van der Waals surface area contributed by atoms with Crippen LogP contribution in [0.25, 0.3) is 11.0 Å². The number of aromatic amines is 1. The van der Waals surface area contributed by atoms with Crippen LogP contribution in [0.1, 0.15) is 46.0 Å². The first kappa shape index (κ1) is 22.7. The molecule has 1 aromatic carbocycles. The number of allylic oxidation sites excluding steroid dienone is 4. The number of fused-ring (bicyclic) bond motifs is 6. The van der Waals surface area contributed by atoms with Gasteiger partial charge in [0.05, 0.1) is 17.1 Å². The molecule has 4 aliphatic rings. The van der Waals surface area contributed by atoms with E-state index in [2.05, 4.69) is 16.9 Å². The molecule has 7 atom stereocenters. The van der Waals surface area contributed by atoms with Gasteiger partial charge in [-0.05, 0) is 68.2 Å². The number of H-pyrrole nitrogens is 1. The lowest BCUT2D eigenvalue weighted by Crippen LogP contribution is -2.61. The molecule has 7 heteroatoms. The first-order valence-electron chi connectivity index (χ1n) is 12.6. The number of nitrogens with one attached hydrogen (secondary N) is 1. The minimum atomic E-state index is -1.56. The minimum Gasteiger partial charge on any atom is -0.457 e. The van der Waals surface area contributed by atoms with Gasteiger partial charge in [0.25, 0.3) is 6.01 Å². The number of ketones is 2. The molecule has 0 amide bonds. The summed E-state index contributed by atoms with van der Waals surface area (Å²) in [5.74, 6) is -0.104. The molecule has 0 bridgehead atoms. The first-order valence-corrected chi connectivity index (χ1v) is 12.6. The van der Waals surface area contributed by atoms with Crippen molar-refractivity contribution in [2.75, 3.05) is 6.61 Å². The molecule has 0 spiro atoms. The van der Waals surface area contributed by atoms with Crippen molar-refractivity contribution in [2.24, 2.45) is 28.6 Å². The van der Waals surface area contributed by atoms with E-state index in [0.29, 0.717) is 12.8 Å². The van der Waals surface area contributed by atoms with Gasteiger partial charge in [-0.3, -0.25) is 9.59 Å². The van der Waals surface area contributed by atoms with Crippen LogP contribution in [-0.2, 0) is 9.59 Å². The molecule has 5 unspecified atom stereocenters. The summed E-state index contributed by atoms with van der Waals surface area (Å²) in [4.78, 5) is 32.9. The Morgan fingerprint density at radius 2 is 2.06 bits per heavy atom. The predicted molar refractivity (Wildman–Crippen MR) is 130 cm³/mol. The molecule has 1 aromatic heterocycles. The fourth-order valence-electron chi connectivity index (χ4n) is 8.04. The summed E-state index contributed by atoms with van der Waals surface area (Å²) in [5.41, 5.74) is -0.00963. The van der Waals surface area contributed by atoms with Crippen molar-refractivity contribution in [3.63, 3.8) is 0 Å². The van der Waals surface area contributed by atoms with Gasteiger partial charge < -0.3 is 19.9 Å². The van der Waals surface area contributed by atoms with Gasteiger partial charge in [-0.25, -0.2) is 0 Å². The predicted octanol–water partition coefficient (Wildman–Crippen LogP) is 3.52. The Bertz CT molecular complexity index is 1250. The Kier molecular flexibility index (Phi) is 4.93. The molecule has 35 heavy (non-hydrogen) atoms. The Morgan fingerprint density at radius 1 is 1.26 bits per heavy atom. The molecule has 0 radical (unpaired) electrons. The maximum Gasteiger partial charge on any atom is 0.295 e. The third kappa shape index (κ3) is 3.14. The molecule has 0 aliphatic heterocycles. The summed E-state index contributed by atoms with van der Waals surface area (Å²) >= 11 is 0. The van der Waals surface area contributed by atoms with Gasteiger partial charge in [0, 0.05) is 16.7 Å². The van der Waals surface area contributed by atoms with E-state index >= 15 is 0 Å². The second-order valence-corrected chi connectivity index (χ2v) is 11.4. The van der Waals surface area contributed by atoms with Crippen LogP contribution in [0.4, 0.5) is 0 Å². The zero-order valence-electron chi connectivity index (χ0n) is 20.2. The van der Waals surface area contributed by atoms with Crippen molar-refractivity contribution >= 4 is 22.6 Å². The monoisotopic (exact) mass is 476 g/mol. The number of benzene rings is 1. The van der Waals surface area contributed by atoms with Crippen LogP contribution in [0.15, 0.2) is 48.1 Å². The topological polar surface area (TPSA) is 113 Å². The van der Waals surface area contributed by atoms with Crippen molar-refractivity contribution in [2.45, 2.75) is 57.7 Å². The third-order valence-corrected chi connectivity index (χ3v) is 9.82. The second kappa shape index (κ2) is 7.61. The van der Waals surface area contributed by atoms with E-state index in [1.54, 1.807) is 12.2 Å². The van der Waals surface area contributed by atoms with E-state index in [1.165, 1.54) is 0 Å². The number of aliphatic hydroxyl groups is 2. The van der Waals surface area contributed by atoms with Crippen LogP contribution in [-0.4, -0.2) is 50.1 Å². The Balaban J connectivity index is 1.25. The highest BCUT2D eigenvalue weighted by atomic mass is 16.5. The van der Waals surface area contributed by atoms with Crippen LogP contribution in [0.3, 0.4) is 0 Å². The number of para-hydroxylation sites is 2. The van der Waals surface area contributed by atoms with Gasteiger partial charge in [0.2, 0.25) is 5.78 Å². The second-order valence-electron chi connectivity index (χ2n) is 11.4. The molecular formula is C28H32N2O5. The largest absolute Gasteiger partial charge is 0.457 e. The standard InChI is InChI=1S/C28H32N2O5/c1-26-11-9-17(31)13-16(26)7-8-18-19-10-12-28(34,27(19,2)14-22(32)24(18)26)23(33)15-35-25-29-20-5-3-4-6-21(20)30-25/h3-6,9,11,13,18-19,22,24,32,34H,7-8,10,12,14-15H2,1-2H3,(H,29,30)/t18?,19?,22-,24?,26?,27?,28-/m0/s1. The maximum atomic E-state index is 13.5. The van der Waals surface area contributed by atoms with Crippen molar-refractivity contribution in [1.29, 1.82) is 0 Å². The van der Waals surface area contributed by atoms with Gasteiger partial charge in [-0.1, -0.05) is 37.6 Å². The molecule has 3 N–H and O–H groups in total. The molecule has 6 rings (SSSR count). The highest BCUT2D eigenvalue weighted by molar-refractivity contribution is 6.01. The molecule has 0 saturated heterocycles. The molecule has 4 aliphatic carbocycles. The van der Waals surface area contributed by atoms with Crippen LogP contribution < -0.4 is 4.74 Å². The fourth-order valence-corrected chi connectivity index (χ4v) is 8.04. The number of rotatable bonds is 4. The lowest BCUT2D eigenvalue weighted by Gasteiger charge is -2.59. The normalized spacial score (nSPS) is 40.1. The number of carbonyl (C=O) groups excluding carboxylic acids is 2. The highest BCUT2D eigenvalue weighted by Crippen LogP contribution is 2.67. The van der Waals surface area contributed by atoms with E-state index in [1.807, 2.05) is 37.3 Å². The zero-order valence-corrected chi connectivity index (χ0v) is 20.2. The highest BCUT2D eigenvalue weighted by Gasteiger charge is 2.68. The molecule has 3 fully saturated rings. The number of ether oxygens (including phenoxy) is 1. The van der Waals surface area contributed by atoms with E-state index in [9.17, 15) is 19.8 Å². The van der Waals surface area contributed by atoms with Crippen molar-refractivity contribution < 1.29 is 24.5 Å². The number of hydrogen-bond acceptors (Lipinski definition) is 6. The SMILES string of the molecule is CC12C=CC(=O)C=C1CCC1C2[C@@H](O)CC2(C)C1CC[C@]2(O)C(=O)COc1nc2ccccc2[nH]1. The number of aliphatic hydroxyl groups excluding tert-OH is 1. The molecule has 184 valence electrons. The van der Waals surface area contributed by atoms with Crippen LogP contribution in [0.5, 0.6) is 6.01 Å². The minimum absolute atomic E-state index is 0.0105. The number of carbonyl (C=O) groups is 2. The summed E-state index contributed by atoms with van der Waals surface area (Å²) in [6.45, 7) is 3.81. The quantitative estimate of drug-likeness (QED) is 0.622. The Labute approximate surface area is 204 Å². The number of aromatic nitrogens is 2. The van der Waals surface area contributed by atoms with Gasteiger partial charge in [-0.15, -0.1) is 0 Å². The smallest absolute Gasteiger partial charge is 0.295 e. The van der Waals surface area contributed by atoms with Crippen molar-refractivity contribution in [1.82, 2.24) is 9.97 Å². The molecule has 3 saturated carbocycles. The van der Waals surface area contributed by atoms with Crippen LogP contribution in [0, 0.1) is 28.6 Å².